The van der Waals surface area contributed by atoms with Gasteiger partial charge in [-0.15, -0.1) is 0 Å². The first-order valence-electron chi connectivity index (χ1n) is 5.94. The zero-order chi connectivity index (χ0) is 15.7. The second kappa shape index (κ2) is 5.57. The Hall–Kier alpha value is -2.35. The molecule has 9 heteroatoms. The van der Waals surface area contributed by atoms with E-state index in [2.05, 4.69) is 9.72 Å². The van der Waals surface area contributed by atoms with Crippen molar-refractivity contribution in [2.75, 3.05) is 7.11 Å². The van der Waals surface area contributed by atoms with Crippen LogP contribution >= 0.6 is 11.6 Å². The van der Waals surface area contributed by atoms with E-state index >= 15 is 0 Å². The minimum Gasteiger partial charge on any atom is -0.466 e. The number of ether oxygens (including phenoxy) is 1. The summed E-state index contributed by atoms with van der Waals surface area (Å²) in [5.74, 6) is -0.514. The number of nitrogens with zero attached hydrogens (tertiary/aromatic N) is 4. The van der Waals surface area contributed by atoms with E-state index in [1.54, 1.807) is 0 Å². The number of esters is 1. The van der Waals surface area contributed by atoms with Crippen molar-refractivity contribution in [3.05, 3.63) is 38.3 Å². The highest BCUT2D eigenvalue weighted by molar-refractivity contribution is 6.29. The molecule has 0 saturated heterocycles. The molecule has 0 atom stereocenters. The normalized spacial score (nSPS) is 11.4. The van der Waals surface area contributed by atoms with E-state index in [-0.39, 0.29) is 17.3 Å². The summed E-state index contributed by atoms with van der Waals surface area (Å²) in [7, 11) is 4.15. The summed E-state index contributed by atoms with van der Waals surface area (Å²) in [5, 5.41) is 0.0535. The number of rotatable bonds is 3. The van der Waals surface area contributed by atoms with Gasteiger partial charge in [0.15, 0.2) is 11.2 Å². The third-order valence-corrected chi connectivity index (χ3v) is 3.32. The number of carbonyl (C=O) groups is 1. The molecule has 0 saturated carbocycles. The molecule has 2 aromatic heterocycles. The lowest BCUT2D eigenvalue weighted by Crippen LogP contribution is -2.37. The van der Waals surface area contributed by atoms with E-state index in [0.29, 0.717) is 5.65 Å². The van der Waals surface area contributed by atoms with E-state index in [9.17, 15) is 14.4 Å². The molecule has 2 rings (SSSR count). The van der Waals surface area contributed by atoms with Gasteiger partial charge in [0.05, 0.1) is 7.11 Å². The largest absolute Gasteiger partial charge is 0.466 e. The van der Waals surface area contributed by atoms with Crippen LogP contribution in [0.4, 0.5) is 0 Å². The van der Waals surface area contributed by atoms with Gasteiger partial charge in [0.2, 0.25) is 5.28 Å². The van der Waals surface area contributed by atoms with Crippen LogP contribution in [0.25, 0.3) is 11.2 Å². The van der Waals surface area contributed by atoms with Crippen molar-refractivity contribution in [2.45, 2.75) is 6.54 Å². The van der Waals surface area contributed by atoms with Crippen LogP contribution in [0.5, 0.6) is 0 Å². The zero-order valence-corrected chi connectivity index (χ0v) is 12.4. The Balaban J connectivity index is 2.63. The lowest BCUT2D eigenvalue weighted by Gasteiger charge is -2.07. The standard InChI is InChI=1S/C12H13ClN4O4/c1-15-9-8(10(19)16(2)12(15)20)14-11(13)17(9)6-4-5-7(18)21-3/h4-5H,6H2,1-3H3/b5-4+. The summed E-state index contributed by atoms with van der Waals surface area (Å²) in [5.41, 5.74) is -0.619. The van der Waals surface area contributed by atoms with Gasteiger partial charge in [-0.05, 0) is 11.6 Å². The van der Waals surface area contributed by atoms with Crippen LogP contribution < -0.4 is 11.2 Å². The number of hydrogen-bond donors (Lipinski definition) is 0. The summed E-state index contributed by atoms with van der Waals surface area (Å²) in [6.45, 7) is 0.172. The maximum absolute atomic E-state index is 12.0. The first-order chi connectivity index (χ1) is 9.88. The van der Waals surface area contributed by atoms with E-state index in [4.69, 9.17) is 11.6 Å². The van der Waals surface area contributed by atoms with Crippen LogP contribution in [0.2, 0.25) is 5.28 Å². The van der Waals surface area contributed by atoms with Gasteiger partial charge in [-0.1, -0.05) is 6.08 Å². The molecule has 0 spiro atoms. The summed E-state index contributed by atoms with van der Waals surface area (Å²) in [6, 6.07) is 0. The molecular formula is C12H13ClN4O4. The summed E-state index contributed by atoms with van der Waals surface area (Å²) in [6.07, 6.45) is 2.72. The van der Waals surface area contributed by atoms with Gasteiger partial charge in [0.1, 0.15) is 0 Å². The highest BCUT2D eigenvalue weighted by atomic mass is 35.5. The van der Waals surface area contributed by atoms with Crippen LogP contribution in [-0.2, 0) is 30.2 Å². The van der Waals surface area contributed by atoms with Gasteiger partial charge >= 0.3 is 11.7 Å². The molecule has 0 bridgehead atoms. The van der Waals surface area contributed by atoms with Crippen LogP contribution in [0.1, 0.15) is 0 Å². The molecule has 0 aliphatic carbocycles. The summed E-state index contributed by atoms with van der Waals surface area (Å²) < 4.78 is 8.17. The molecule has 8 nitrogen and oxygen atoms in total. The lowest BCUT2D eigenvalue weighted by molar-refractivity contribution is -0.134. The predicted octanol–water partition coefficient (Wildman–Crippen LogP) is -0.184. The highest BCUT2D eigenvalue weighted by Crippen LogP contribution is 2.15. The number of carbonyl (C=O) groups excluding carboxylic acids is 1. The van der Waals surface area contributed by atoms with Gasteiger partial charge in [0.25, 0.3) is 5.56 Å². The van der Waals surface area contributed by atoms with Crippen molar-refractivity contribution in [3.63, 3.8) is 0 Å². The Morgan fingerprint density at radius 3 is 2.62 bits per heavy atom. The number of aromatic nitrogens is 4. The minimum absolute atomic E-state index is 0.0535. The number of aryl methyl sites for hydroxylation is 1. The van der Waals surface area contributed by atoms with Crippen LogP contribution in [0, 0.1) is 0 Å². The number of hydrogen-bond acceptors (Lipinski definition) is 5. The first kappa shape index (κ1) is 15.0. The maximum atomic E-state index is 12.0. The Labute approximate surface area is 123 Å². The van der Waals surface area contributed by atoms with Crippen molar-refractivity contribution < 1.29 is 9.53 Å². The molecule has 112 valence electrons. The Morgan fingerprint density at radius 2 is 2.00 bits per heavy atom. The molecule has 0 radical (unpaired) electrons. The van der Waals surface area contributed by atoms with Crippen molar-refractivity contribution in [3.8, 4) is 0 Å². The van der Waals surface area contributed by atoms with Crippen LogP contribution in [0.3, 0.4) is 0 Å². The van der Waals surface area contributed by atoms with Crippen molar-refractivity contribution >= 4 is 28.7 Å². The summed E-state index contributed by atoms with van der Waals surface area (Å²) >= 11 is 6.00. The molecular weight excluding hydrogens is 300 g/mol. The molecule has 21 heavy (non-hydrogen) atoms. The van der Waals surface area contributed by atoms with Gasteiger partial charge in [-0.2, -0.15) is 0 Å². The Bertz CT molecular complexity index is 859. The molecule has 0 aliphatic rings. The van der Waals surface area contributed by atoms with Gasteiger partial charge in [-0.3, -0.25) is 18.5 Å². The maximum Gasteiger partial charge on any atom is 0.332 e. The lowest BCUT2D eigenvalue weighted by atomic mass is 10.4. The quantitative estimate of drug-likeness (QED) is 0.445. The average Bonchev–Trinajstić information content (AvgIpc) is 2.80. The van der Waals surface area contributed by atoms with Crippen LogP contribution in [0.15, 0.2) is 21.7 Å². The molecule has 0 aliphatic heterocycles. The van der Waals surface area contributed by atoms with Gasteiger partial charge in [-0.25, -0.2) is 14.6 Å². The fourth-order valence-corrected chi connectivity index (χ4v) is 2.18. The second-order valence-electron chi connectivity index (χ2n) is 4.29. The minimum atomic E-state index is -0.523. The zero-order valence-electron chi connectivity index (χ0n) is 11.7. The highest BCUT2D eigenvalue weighted by Gasteiger charge is 2.17. The average molecular weight is 313 g/mol. The van der Waals surface area contributed by atoms with Crippen molar-refractivity contribution in [2.24, 2.45) is 14.1 Å². The van der Waals surface area contributed by atoms with Crippen molar-refractivity contribution in [1.82, 2.24) is 18.7 Å². The SMILES string of the molecule is COC(=O)/C=C/Cn1c(Cl)nc2c(=O)n(C)c(=O)n(C)c21. The third-order valence-electron chi connectivity index (χ3n) is 3.04. The van der Waals surface area contributed by atoms with Crippen LogP contribution in [-0.4, -0.2) is 31.8 Å². The second-order valence-corrected chi connectivity index (χ2v) is 4.63. The summed E-state index contributed by atoms with van der Waals surface area (Å²) in [4.78, 5) is 39.0. The molecule has 0 fully saturated rings. The Morgan fingerprint density at radius 1 is 1.33 bits per heavy atom. The fraction of sp³-hybridized carbons (Fsp3) is 0.333. The monoisotopic (exact) mass is 312 g/mol. The fourth-order valence-electron chi connectivity index (χ4n) is 1.95. The predicted molar refractivity (Wildman–Crippen MR) is 76.4 cm³/mol. The van der Waals surface area contributed by atoms with Gasteiger partial charge in [0, 0.05) is 26.7 Å². The number of methoxy groups -OCH3 is 1. The number of allylic oxidation sites excluding steroid dienone is 1. The van der Waals surface area contributed by atoms with E-state index in [0.717, 1.165) is 4.57 Å². The molecule has 2 aromatic rings. The molecule has 2 heterocycles. The smallest absolute Gasteiger partial charge is 0.332 e. The van der Waals surface area contributed by atoms with E-state index < -0.39 is 17.2 Å². The van der Waals surface area contributed by atoms with E-state index in [1.165, 1.54) is 42.5 Å². The topological polar surface area (TPSA) is 88.1 Å². The van der Waals surface area contributed by atoms with Gasteiger partial charge < -0.3 is 4.74 Å². The molecule has 0 unspecified atom stereocenters. The number of halogens is 1. The first-order valence-corrected chi connectivity index (χ1v) is 6.32. The Kier molecular flexibility index (Phi) is 3.99. The molecule has 0 N–H and O–H groups in total. The number of fused-ring (bicyclic) bond motifs is 1. The van der Waals surface area contributed by atoms with Crippen molar-refractivity contribution in [1.29, 1.82) is 0 Å². The number of imidazole rings is 1. The molecule has 0 aromatic carbocycles. The van der Waals surface area contributed by atoms with E-state index in [1.807, 2.05) is 0 Å². The molecule has 0 amide bonds. The third kappa shape index (κ3) is 2.49.